The lowest BCUT2D eigenvalue weighted by molar-refractivity contribution is 0.345. The van der Waals surface area contributed by atoms with Gasteiger partial charge in [-0.25, -0.2) is 0 Å². The summed E-state index contributed by atoms with van der Waals surface area (Å²) in [6.45, 7) is 4.26. The van der Waals surface area contributed by atoms with Crippen molar-refractivity contribution >= 4 is 17.5 Å². The highest BCUT2D eigenvalue weighted by Gasteiger charge is 2.14. The lowest BCUT2D eigenvalue weighted by atomic mass is 10.4. The maximum absolute atomic E-state index is 5.82. The quantitative estimate of drug-likeness (QED) is 0.798. The summed E-state index contributed by atoms with van der Waals surface area (Å²) < 4.78 is 4.98. The first-order chi connectivity index (χ1) is 8.69. The van der Waals surface area contributed by atoms with Crippen LogP contribution in [-0.2, 0) is 0 Å². The lowest BCUT2D eigenvalue weighted by Gasteiger charge is -2.21. The van der Waals surface area contributed by atoms with Gasteiger partial charge >= 0.3 is 6.01 Å². The predicted molar refractivity (Wildman–Crippen MR) is 70.3 cm³/mol. The predicted octanol–water partition coefficient (Wildman–Crippen LogP) is 1.07. The fourth-order valence-electron chi connectivity index (χ4n) is 1.98. The summed E-state index contributed by atoms with van der Waals surface area (Å²) in [6, 6.07) is 0.248. The number of methoxy groups -OCH3 is 1. The molecule has 0 saturated carbocycles. The van der Waals surface area contributed by atoms with Crippen molar-refractivity contribution in [3.63, 3.8) is 0 Å². The first-order valence-corrected chi connectivity index (χ1v) is 6.46. The third kappa shape index (κ3) is 3.43. The smallest absolute Gasteiger partial charge is 0.322 e. The van der Waals surface area contributed by atoms with Crippen LogP contribution in [0.15, 0.2) is 0 Å². The van der Waals surface area contributed by atoms with Gasteiger partial charge in [0.2, 0.25) is 11.2 Å². The van der Waals surface area contributed by atoms with Crippen LogP contribution in [0.2, 0.25) is 5.28 Å². The minimum Gasteiger partial charge on any atom is -0.467 e. The molecule has 100 valence electrons. The van der Waals surface area contributed by atoms with E-state index in [2.05, 4.69) is 19.9 Å². The van der Waals surface area contributed by atoms with Crippen LogP contribution in [0.4, 0.5) is 5.95 Å². The van der Waals surface area contributed by atoms with Crippen LogP contribution in [0.25, 0.3) is 0 Å². The minimum atomic E-state index is 0.157. The number of aromatic nitrogens is 3. The minimum absolute atomic E-state index is 0.157. The molecule has 0 amide bonds. The van der Waals surface area contributed by atoms with Crippen molar-refractivity contribution in [1.29, 1.82) is 0 Å². The summed E-state index contributed by atoms with van der Waals surface area (Å²) in [5.74, 6) is 0.547. The molecule has 0 radical (unpaired) electrons. The fourth-order valence-corrected chi connectivity index (χ4v) is 2.13. The molecule has 0 aliphatic carbocycles. The highest BCUT2D eigenvalue weighted by atomic mass is 35.5. The number of halogens is 1. The van der Waals surface area contributed by atoms with Crippen LogP contribution in [0, 0.1) is 0 Å². The van der Waals surface area contributed by atoms with E-state index in [9.17, 15) is 0 Å². The van der Waals surface area contributed by atoms with Crippen LogP contribution in [0.1, 0.15) is 12.8 Å². The second-order valence-electron chi connectivity index (χ2n) is 4.36. The maximum Gasteiger partial charge on any atom is 0.322 e. The average molecular weight is 272 g/mol. The molecule has 0 unspecified atom stereocenters. The lowest BCUT2D eigenvalue weighted by Crippen LogP contribution is -2.32. The molecular formula is C11H18ClN5O. The molecule has 0 aromatic carbocycles. The van der Waals surface area contributed by atoms with E-state index in [0.29, 0.717) is 5.95 Å². The number of ether oxygens (including phenoxy) is 1. The van der Waals surface area contributed by atoms with E-state index in [-0.39, 0.29) is 11.3 Å². The first-order valence-electron chi connectivity index (χ1n) is 6.08. The third-order valence-corrected chi connectivity index (χ3v) is 3.22. The zero-order chi connectivity index (χ0) is 13.0. The Morgan fingerprint density at radius 2 is 2.00 bits per heavy atom. The third-order valence-electron chi connectivity index (χ3n) is 3.05. The van der Waals surface area contributed by atoms with Crippen molar-refractivity contribution in [3.05, 3.63) is 5.28 Å². The van der Waals surface area contributed by atoms with Gasteiger partial charge in [-0.2, -0.15) is 15.0 Å². The largest absolute Gasteiger partial charge is 0.467 e. The van der Waals surface area contributed by atoms with Crippen molar-refractivity contribution in [2.75, 3.05) is 45.2 Å². The molecule has 1 aromatic heterocycles. The zero-order valence-electron chi connectivity index (χ0n) is 10.8. The molecule has 2 rings (SSSR count). The van der Waals surface area contributed by atoms with E-state index in [1.807, 2.05) is 11.9 Å². The standard InChI is InChI=1S/C11H18ClN5O/c1-16(7-8-17-5-3-4-6-17)10-13-9(12)14-11(15-10)18-2/h3-8H2,1-2H3. The molecule has 18 heavy (non-hydrogen) atoms. The van der Waals surface area contributed by atoms with Crippen molar-refractivity contribution in [2.24, 2.45) is 0 Å². The number of rotatable bonds is 5. The first kappa shape index (κ1) is 13.3. The molecule has 1 aliphatic rings. The van der Waals surface area contributed by atoms with Crippen LogP contribution in [-0.4, -0.2) is 60.2 Å². The Balaban J connectivity index is 1.94. The van der Waals surface area contributed by atoms with Gasteiger partial charge in [-0.1, -0.05) is 0 Å². The van der Waals surface area contributed by atoms with Gasteiger partial charge in [-0.3, -0.25) is 0 Å². The van der Waals surface area contributed by atoms with Crippen LogP contribution >= 0.6 is 11.6 Å². The average Bonchev–Trinajstić information content (AvgIpc) is 2.88. The monoisotopic (exact) mass is 271 g/mol. The fraction of sp³-hybridized carbons (Fsp3) is 0.727. The van der Waals surface area contributed by atoms with Crippen molar-refractivity contribution in [2.45, 2.75) is 12.8 Å². The Morgan fingerprint density at radius 3 is 2.67 bits per heavy atom. The molecule has 1 aromatic rings. The van der Waals surface area contributed by atoms with E-state index in [1.54, 1.807) is 0 Å². The molecule has 1 fully saturated rings. The van der Waals surface area contributed by atoms with E-state index < -0.39 is 0 Å². The molecule has 0 atom stereocenters. The Morgan fingerprint density at radius 1 is 1.28 bits per heavy atom. The number of likely N-dealkylation sites (N-methyl/N-ethyl adjacent to an activating group) is 1. The van der Waals surface area contributed by atoms with E-state index in [1.165, 1.54) is 33.0 Å². The van der Waals surface area contributed by atoms with Gasteiger partial charge in [-0.15, -0.1) is 0 Å². The summed E-state index contributed by atoms with van der Waals surface area (Å²) >= 11 is 5.82. The number of anilines is 1. The maximum atomic E-state index is 5.82. The van der Waals surface area contributed by atoms with Crippen molar-refractivity contribution < 1.29 is 4.74 Å². The van der Waals surface area contributed by atoms with Gasteiger partial charge in [0.15, 0.2) is 0 Å². The van der Waals surface area contributed by atoms with E-state index in [4.69, 9.17) is 16.3 Å². The van der Waals surface area contributed by atoms with Crippen LogP contribution in [0.3, 0.4) is 0 Å². The zero-order valence-corrected chi connectivity index (χ0v) is 11.5. The molecule has 1 saturated heterocycles. The number of hydrogen-bond donors (Lipinski definition) is 0. The molecule has 0 spiro atoms. The Bertz CT molecular complexity index is 397. The molecule has 2 heterocycles. The van der Waals surface area contributed by atoms with Gasteiger partial charge in [-0.05, 0) is 37.5 Å². The van der Waals surface area contributed by atoms with Gasteiger partial charge in [0.05, 0.1) is 7.11 Å². The van der Waals surface area contributed by atoms with Gasteiger partial charge in [0, 0.05) is 20.1 Å². The molecule has 1 aliphatic heterocycles. The summed E-state index contributed by atoms with van der Waals surface area (Å²) in [7, 11) is 3.46. The SMILES string of the molecule is COc1nc(Cl)nc(N(C)CCN2CCCC2)n1. The van der Waals surface area contributed by atoms with E-state index in [0.717, 1.165) is 13.1 Å². The van der Waals surface area contributed by atoms with E-state index >= 15 is 0 Å². The highest BCUT2D eigenvalue weighted by Crippen LogP contribution is 2.14. The summed E-state index contributed by atoms with van der Waals surface area (Å²) in [5, 5.41) is 0.157. The summed E-state index contributed by atoms with van der Waals surface area (Å²) in [5.41, 5.74) is 0. The Kier molecular flexibility index (Phi) is 4.54. The Hall–Kier alpha value is -1.14. The van der Waals surface area contributed by atoms with Crippen molar-refractivity contribution in [3.8, 4) is 6.01 Å². The van der Waals surface area contributed by atoms with Crippen LogP contribution < -0.4 is 9.64 Å². The van der Waals surface area contributed by atoms with Gasteiger partial charge in [0.25, 0.3) is 0 Å². The molecular weight excluding hydrogens is 254 g/mol. The van der Waals surface area contributed by atoms with Gasteiger partial charge in [0.1, 0.15) is 0 Å². The molecule has 7 heteroatoms. The normalized spacial score (nSPS) is 15.9. The van der Waals surface area contributed by atoms with Crippen molar-refractivity contribution in [1.82, 2.24) is 19.9 Å². The molecule has 0 bridgehead atoms. The summed E-state index contributed by atoms with van der Waals surface area (Å²) in [6.07, 6.45) is 2.60. The molecule has 0 N–H and O–H groups in total. The second-order valence-corrected chi connectivity index (χ2v) is 4.70. The number of hydrogen-bond acceptors (Lipinski definition) is 6. The summed E-state index contributed by atoms with van der Waals surface area (Å²) in [4.78, 5) is 16.5. The number of nitrogens with zero attached hydrogens (tertiary/aromatic N) is 5. The van der Waals surface area contributed by atoms with Crippen LogP contribution in [0.5, 0.6) is 6.01 Å². The topological polar surface area (TPSA) is 54.4 Å². The number of likely N-dealkylation sites (tertiary alicyclic amines) is 1. The Labute approximate surface area is 112 Å². The highest BCUT2D eigenvalue weighted by molar-refractivity contribution is 6.28. The molecule has 6 nitrogen and oxygen atoms in total. The second kappa shape index (κ2) is 6.15. The van der Waals surface area contributed by atoms with Gasteiger partial charge < -0.3 is 14.5 Å².